The predicted octanol–water partition coefficient (Wildman–Crippen LogP) is 5.53. The highest BCUT2D eigenvalue weighted by Gasteiger charge is 2.32. The standard InChI is InChI=1S/C27H28N4O5S2/c1-3-20-7-4-5-15-30(20)38(33,34)23-12-9-19(10-13-23)26(32)31(28-18-22-8-6-16-36-22)27-29-24-14-11-21(35-2)17-25(24)37-27/h6,8-14,16-18,20H,3-5,7,15H2,1-2H3/b28-18+. The number of carbonyl (C=O) groups excluding carboxylic acids is 1. The number of hydrogen-bond donors (Lipinski definition) is 0. The number of furan rings is 1. The Kier molecular flexibility index (Phi) is 7.59. The Morgan fingerprint density at radius 3 is 2.76 bits per heavy atom. The number of benzene rings is 2. The van der Waals surface area contributed by atoms with Crippen LogP contribution in [0.4, 0.5) is 5.13 Å². The van der Waals surface area contributed by atoms with Crippen molar-refractivity contribution in [2.75, 3.05) is 18.7 Å². The van der Waals surface area contributed by atoms with Crippen LogP contribution in [0.1, 0.15) is 48.7 Å². The van der Waals surface area contributed by atoms with Crippen molar-refractivity contribution < 1.29 is 22.4 Å². The van der Waals surface area contributed by atoms with Crippen LogP contribution in [0.3, 0.4) is 0 Å². The van der Waals surface area contributed by atoms with E-state index in [-0.39, 0.29) is 16.5 Å². The van der Waals surface area contributed by atoms with Gasteiger partial charge in [-0.25, -0.2) is 13.4 Å². The summed E-state index contributed by atoms with van der Waals surface area (Å²) in [6, 6.07) is 14.9. The van der Waals surface area contributed by atoms with Crippen LogP contribution in [0, 0.1) is 0 Å². The van der Waals surface area contributed by atoms with Gasteiger partial charge >= 0.3 is 0 Å². The highest BCUT2D eigenvalue weighted by molar-refractivity contribution is 7.89. The molecule has 5 rings (SSSR count). The maximum atomic E-state index is 13.6. The van der Waals surface area contributed by atoms with Crippen LogP contribution in [-0.4, -0.2) is 49.5 Å². The van der Waals surface area contributed by atoms with E-state index < -0.39 is 15.9 Å². The molecule has 1 fully saturated rings. The van der Waals surface area contributed by atoms with E-state index in [1.165, 1.54) is 53.1 Å². The molecule has 1 unspecified atom stereocenters. The Morgan fingerprint density at radius 2 is 2.05 bits per heavy atom. The predicted molar refractivity (Wildman–Crippen MR) is 148 cm³/mol. The summed E-state index contributed by atoms with van der Waals surface area (Å²) < 4.78 is 39.8. The minimum Gasteiger partial charge on any atom is -0.497 e. The third kappa shape index (κ3) is 5.22. The molecule has 0 N–H and O–H groups in total. The average Bonchev–Trinajstić information content (AvgIpc) is 3.62. The van der Waals surface area contributed by atoms with Crippen LogP contribution in [0.2, 0.25) is 0 Å². The van der Waals surface area contributed by atoms with E-state index in [1.807, 2.05) is 19.1 Å². The van der Waals surface area contributed by atoms with E-state index in [4.69, 9.17) is 9.15 Å². The second-order valence-corrected chi connectivity index (χ2v) is 11.8. The van der Waals surface area contributed by atoms with E-state index in [1.54, 1.807) is 29.6 Å². The topological polar surface area (TPSA) is 105 Å². The Bertz CT molecular complexity index is 1550. The molecular weight excluding hydrogens is 524 g/mol. The van der Waals surface area contributed by atoms with Crippen molar-refractivity contribution in [1.29, 1.82) is 0 Å². The molecule has 1 saturated heterocycles. The number of anilines is 1. The van der Waals surface area contributed by atoms with Crippen molar-refractivity contribution in [3.63, 3.8) is 0 Å². The number of ether oxygens (including phenoxy) is 1. The van der Waals surface area contributed by atoms with Crippen LogP contribution in [0.5, 0.6) is 5.75 Å². The molecule has 1 aliphatic heterocycles. The number of thiazole rings is 1. The molecule has 38 heavy (non-hydrogen) atoms. The molecule has 9 nitrogen and oxygen atoms in total. The summed E-state index contributed by atoms with van der Waals surface area (Å²) in [5.41, 5.74) is 0.980. The highest BCUT2D eigenvalue weighted by atomic mass is 32.2. The van der Waals surface area contributed by atoms with Crippen LogP contribution in [0.25, 0.3) is 10.2 Å². The first kappa shape index (κ1) is 26.1. The fourth-order valence-electron chi connectivity index (χ4n) is 4.50. The lowest BCUT2D eigenvalue weighted by Gasteiger charge is -2.34. The molecule has 0 saturated carbocycles. The van der Waals surface area contributed by atoms with Crippen LogP contribution >= 0.6 is 11.3 Å². The normalized spacial score (nSPS) is 16.7. The van der Waals surface area contributed by atoms with Crippen molar-refractivity contribution in [3.05, 3.63) is 72.2 Å². The summed E-state index contributed by atoms with van der Waals surface area (Å²) in [7, 11) is -2.07. The van der Waals surface area contributed by atoms with Gasteiger partial charge in [-0.15, -0.1) is 0 Å². The monoisotopic (exact) mass is 552 g/mol. The maximum absolute atomic E-state index is 13.6. The smallest absolute Gasteiger partial charge is 0.280 e. The molecule has 11 heteroatoms. The zero-order valence-electron chi connectivity index (χ0n) is 21.1. The number of sulfonamides is 1. The van der Waals surface area contributed by atoms with E-state index in [2.05, 4.69) is 10.1 Å². The fraction of sp³-hybridized carbons (Fsp3) is 0.296. The van der Waals surface area contributed by atoms with Gasteiger partial charge in [0.2, 0.25) is 15.2 Å². The number of nitrogens with zero attached hydrogens (tertiary/aromatic N) is 4. The number of hydrazone groups is 1. The molecule has 2 aromatic heterocycles. The summed E-state index contributed by atoms with van der Waals surface area (Å²) in [6.07, 6.45) is 6.47. The maximum Gasteiger partial charge on any atom is 0.280 e. The minimum absolute atomic E-state index is 0.000789. The van der Waals surface area contributed by atoms with Crippen LogP contribution in [-0.2, 0) is 10.0 Å². The van der Waals surface area contributed by atoms with Crippen molar-refractivity contribution in [3.8, 4) is 5.75 Å². The van der Waals surface area contributed by atoms with Gasteiger partial charge in [-0.1, -0.05) is 24.7 Å². The van der Waals surface area contributed by atoms with Gasteiger partial charge in [0.15, 0.2) is 0 Å². The third-order valence-electron chi connectivity index (χ3n) is 6.55. The summed E-state index contributed by atoms with van der Waals surface area (Å²) in [5.74, 6) is 0.701. The van der Waals surface area contributed by atoms with Crippen LogP contribution < -0.4 is 9.75 Å². The molecular formula is C27H28N4O5S2. The third-order valence-corrected chi connectivity index (χ3v) is 9.51. The van der Waals surface area contributed by atoms with Gasteiger partial charge in [0.05, 0.1) is 34.7 Å². The number of methoxy groups -OCH3 is 1. The number of carbonyl (C=O) groups is 1. The number of piperidine rings is 1. The number of fused-ring (bicyclic) bond motifs is 1. The Hall–Kier alpha value is -3.54. The molecule has 4 aromatic rings. The first-order chi connectivity index (χ1) is 18.4. The van der Waals surface area contributed by atoms with Crippen molar-refractivity contribution in [1.82, 2.24) is 9.29 Å². The van der Waals surface area contributed by atoms with Gasteiger partial charge in [-0.3, -0.25) is 4.79 Å². The Morgan fingerprint density at radius 1 is 1.24 bits per heavy atom. The summed E-state index contributed by atoms with van der Waals surface area (Å²) in [5, 5.41) is 5.92. The van der Waals surface area contributed by atoms with Gasteiger partial charge in [0, 0.05) is 18.2 Å². The highest BCUT2D eigenvalue weighted by Crippen LogP contribution is 2.33. The fourth-order valence-corrected chi connectivity index (χ4v) is 7.22. The molecule has 3 heterocycles. The van der Waals surface area contributed by atoms with Gasteiger partial charge in [-0.2, -0.15) is 14.4 Å². The largest absolute Gasteiger partial charge is 0.497 e. The lowest BCUT2D eigenvalue weighted by molar-refractivity contribution is 0.0987. The lowest BCUT2D eigenvalue weighted by Crippen LogP contribution is -2.43. The second-order valence-electron chi connectivity index (χ2n) is 8.91. The second kappa shape index (κ2) is 11.1. The van der Waals surface area contributed by atoms with Gasteiger partial charge in [-0.05, 0) is 73.9 Å². The van der Waals surface area contributed by atoms with Crippen molar-refractivity contribution in [2.45, 2.75) is 43.5 Å². The first-order valence-corrected chi connectivity index (χ1v) is 14.6. The molecule has 2 aromatic carbocycles. The van der Waals surface area contributed by atoms with E-state index in [0.717, 1.165) is 30.4 Å². The minimum atomic E-state index is -3.66. The van der Waals surface area contributed by atoms with Crippen molar-refractivity contribution >= 4 is 48.8 Å². The van der Waals surface area contributed by atoms with Crippen molar-refractivity contribution in [2.24, 2.45) is 5.10 Å². The number of rotatable bonds is 8. The molecule has 1 atom stereocenters. The van der Waals surface area contributed by atoms with Crippen LogP contribution in [0.15, 0.2) is 75.3 Å². The van der Waals surface area contributed by atoms with E-state index in [9.17, 15) is 13.2 Å². The van der Waals surface area contributed by atoms with E-state index in [0.29, 0.717) is 28.7 Å². The van der Waals surface area contributed by atoms with Gasteiger partial charge in [0.1, 0.15) is 11.5 Å². The molecule has 198 valence electrons. The number of amides is 1. The SMILES string of the molecule is CCC1CCCCN1S(=O)(=O)c1ccc(C(=O)N(/N=C/c2ccco2)c2nc3ccc(OC)cc3s2)cc1. The molecule has 0 bridgehead atoms. The molecule has 1 amide bonds. The molecule has 0 aliphatic carbocycles. The summed E-state index contributed by atoms with van der Waals surface area (Å²) in [4.78, 5) is 18.4. The Labute approximate surface area is 225 Å². The van der Waals surface area contributed by atoms with E-state index >= 15 is 0 Å². The molecule has 1 aliphatic rings. The number of aromatic nitrogens is 1. The van der Waals surface area contributed by atoms with Gasteiger partial charge in [0.25, 0.3) is 5.91 Å². The first-order valence-electron chi connectivity index (χ1n) is 12.4. The average molecular weight is 553 g/mol. The van der Waals surface area contributed by atoms with Gasteiger partial charge < -0.3 is 9.15 Å². The Balaban J connectivity index is 1.46. The zero-order valence-corrected chi connectivity index (χ0v) is 22.7. The summed E-state index contributed by atoms with van der Waals surface area (Å²) in [6.45, 7) is 2.52. The molecule has 0 radical (unpaired) electrons. The quantitative estimate of drug-likeness (QED) is 0.210. The summed E-state index contributed by atoms with van der Waals surface area (Å²) >= 11 is 1.29. The number of hydrogen-bond acceptors (Lipinski definition) is 8. The lowest BCUT2D eigenvalue weighted by atomic mass is 10.0. The molecule has 0 spiro atoms. The zero-order chi connectivity index (χ0) is 26.7.